The molecule has 1 saturated heterocycles. The maximum Gasteiger partial charge on any atom is 0.331 e. The fraction of sp³-hybridized carbons (Fsp3) is 0.267. The second-order valence-electron chi connectivity index (χ2n) is 10.2. The second kappa shape index (κ2) is 13.6. The van der Waals surface area contributed by atoms with E-state index in [4.69, 9.17) is 28.9 Å². The molecule has 1 fully saturated rings. The average molecular weight is 641 g/mol. The van der Waals surface area contributed by atoms with Gasteiger partial charge in [0, 0.05) is 39.6 Å². The van der Waals surface area contributed by atoms with E-state index in [-0.39, 0.29) is 44.5 Å². The van der Waals surface area contributed by atoms with Gasteiger partial charge in [-0.2, -0.15) is 0 Å². The third kappa shape index (κ3) is 7.55. The lowest BCUT2D eigenvalue weighted by Gasteiger charge is -2.32. The summed E-state index contributed by atoms with van der Waals surface area (Å²) in [5, 5.41) is 10.0. The minimum atomic E-state index is -0.789. The Bertz CT molecular complexity index is 1630. The Labute approximate surface area is 263 Å². The molecule has 1 aromatic heterocycles. The summed E-state index contributed by atoms with van der Waals surface area (Å²) in [6.07, 6.45) is 0.329. The van der Waals surface area contributed by atoms with Crippen LogP contribution in [0.25, 0.3) is 10.2 Å². The molecule has 0 spiro atoms. The zero-order chi connectivity index (χ0) is 30.5. The summed E-state index contributed by atoms with van der Waals surface area (Å²) >= 11 is 13.5. The van der Waals surface area contributed by atoms with E-state index in [1.54, 1.807) is 35.2 Å². The van der Waals surface area contributed by atoms with Crippen LogP contribution in [0, 0.1) is 0 Å². The SMILES string of the molecule is CN(C(=O)NCc1ccc(Cl)c(Cl)c1)N1CCN(Cc2cccc3sc(N)nc23)C(=O)[C@H](Cc2ccccc2)NC(=O)C1. The van der Waals surface area contributed by atoms with Crippen LogP contribution >= 0.6 is 34.5 Å². The van der Waals surface area contributed by atoms with Crippen molar-refractivity contribution in [1.82, 2.24) is 30.5 Å². The zero-order valence-corrected chi connectivity index (χ0v) is 25.8. The Morgan fingerprint density at radius 1 is 1.07 bits per heavy atom. The zero-order valence-electron chi connectivity index (χ0n) is 23.4. The molecule has 0 radical (unpaired) electrons. The van der Waals surface area contributed by atoms with Gasteiger partial charge in [0.15, 0.2) is 5.13 Å². The number of aromatic nitrogens is 1. The highest BCUT2D eigenvalue weighted by Gasteiger charge is 2.31. The van der Waals surface area contributed by atoms with Gasteiger partial charge in [-0.3, -0.25) is 14.6 Å². The van der Waals surface area contributed by atoms with E-state index in [2.05, 4.69) is 15.6 Å². The van der Waals surface area contributed by atoms with E-state index in [9.17, 15) is 14.4 Å². The number of hydrogen-bond acceptors (Lipinski definition) is 7. The van der Waals surface area contributed by atoms with Crippen molar-refractivity contribution in [2.24, 2.45) is 0 Å². The van der Waals surface area contributed by atoms with Crippen molar-refractivity contribution in [1.29, 1.82) is 0 Å². The van der Waals surface area contributed by atoms with Crippen LogP contribution in [0.4, 0.5) is 9.93 Å². The highest BCUT2D eigenvalue weighted by Crippen LogP contribution is 2.27. The van der Waals surface area contributed by atoms with Crippen molar-refractivity contribution in [3.05, 3.63) is 93.5 Å². The molecule has 10 nitrogen and oxygen atoms in total. The number of carbonyl (C=O) groups is 3. The summed E-state index contributed by atoms with van der Waals surface area (Å²) in [6, 6.07) is 19.2. The molecule has 1 atom stereocenters. The van der Waals surface area contributed by atoms with Crippen LogP contribution in [0.5, 0.6) is 0 Å². The lowest BCUT2D eigenvalue weighted by molar-refractivity contribution is -0.136. The van der Waals surface area contributed by atoms with Crippen molar-refractivity contribution in [3.8, 4) is 0 Å². The number of hydrogen-bond donors (Lipinski definition) is 3. The number of hydrazine groups is 1. The molecule has 3 aromatic carbocycles. The molecule has 4 aromatic rings. The number of nitrogens with one attached hydrogen (secondary N) is 2. The molecule has 1 aliphatic rings. The van der Waals surface area contributed by atoms with Crippen molar-refractivity contribution >= 4 is 67.7 Å². The molecule has 4 N–H and O–H groups in total. The summed E-state index contributed by atoms with van der Waals surface area (Å²) in [5.74, 6) is -0.583. The molecule has 224 valence electrons. The number of fused-ring (bicyclic) bond motifs is 1. The first-order valence-corrected chi connectivity index (χ1v) is 15.2. The number of para-hydroxylation sites is 1. The number of benzene rings is 3. The predicted octanol–water partition coefficient (Wildman–Crippen LogP) is 4.31. The smallest absolute Gasteiger partial charge is 0.331 e. The highest BCUT2D eigenvalue weighted by atomic mass is 35.5. The standard InChI is InChI=1S/C30H31Cl2N7O3S/c1-37(30(42)34-16-20-10-11-22(31)23(32)14-20)39-13-12-38(17-21-8-5-9-25-27(21)36-29(33)43-25)28(41)24(35-26(40)18-39)15-19-6-3-2-4-7-19/h2-11,14,24H,12-13,15-18H2,1H3,(H2,33,36)(H,34,42)(H,35,40)/t24-/m0/s1. The molecule has 0 aliphatic carbocycles. The van der Waals surface area contributed by atoms with Gasteiger partial charge >= 0.3 is 6.03 Å². The number of amides is 4. The number of anilines is 1. The molecule has 0 unspecified atom stereocenters. The molecule has 0 bridgehead atoms. The Kier molecular flexibility index (Phi) is 9.66. The predicted molar refractivity (Wildman–Crippen MR) is 170 cm³/mol. The van der Waals surface area contributed by atoms with Crippen LogP contribution < -0.4 is 16.4 Å². The molecule has 4 amide bonds. The Balaban J connectivity index is 1.36. The van der Waals surface area contributed by atoms with Gasteiger partial charge in [0.25, 0.3) is 0 Å². The van der Waals surface area contributed by atoms with Crippen molar-refractivity contribution in [2.45, 2.75) is 25.6 Å². The van der Waals surface area contributed by atoms with Crippen LogP contribution in [0.1, 0.15) is 16.7 Å². The maximum absolute atomic E-state index is 14.0. The van der Waals surface area contributed by atoms with Crippen molar-refractivity contribution in [2.75, 3.05) is 32.4 Å². The normalized spacial score (nSPS) is 16.3. The average Bonchev–Trinajstić information content (AvgIpc) is 3.40. The molecule has 43 heavy (non-hydrogen) atoms. The van der Waals surface area contributed by atoms with Crippen molar-refractivity contribution in [3.63, 3.8) is 0 Å². The first-order valence-electron chi connectivity index (χ1n) is 13.6. The molecule has 5 rings (SSSR count). The van der Waals surface area contributed by atoms with Crippen LogP contribution in [-0.4, -0.2) is 70.5 Å². The summed E-state index contributed by atoms with van der Waals surface area (Å²) in [5.41, 5.74) is 9.27. The van der Waals surface area contributed by atoms with Crippen molar-refractivity contribution < 1.29 is 14.4 Å². The lowest BCUT2D eigenvalue weighted by Crippen LogP contribution is -2.53. The van der Waals surface area contributed by atoms with Crippen LogP contribution in [0.3, 0.4) is 0 Å². The molecule has 2 heterocycles. The van der Waals surface area contributed by atoms with Gasteiger partial charge in [-0.15, -0.1) is 0 Å². The third-order valence-corrected chi connectivity index (χ3v) is 8.80. The van der Waals surface area contributed by atoms with Gasteiger partial charge in [0.2, 0.25) is 11.8 Å². The first-order chi connectivity index (χ1) is 20.7. The van der Waals surface area contributed by atoms with Gasteiger partial charge in [-0.1, -0.05) is 83.1 Å². The van der Waals surface area contributed by atoms with E-state index in [0.29, 0.717) is 21.6 Å². The van der Waals surface area contributed by atoms with E-state index < -0.39 is 12.1 Å². The Morgan fingerprint density at radius 3 is 2.63 bits per heavy atom. The monoisotopic (exact) mass is 639 g/mol. The number of nitrogens with two attached hydrogens (primary N) is 1. The number of rotatable bonds is 7. The lowest BCUT2D eigenvalue weighted by atomic mass is 10.0. The summed E-state index contributed by atoms with van der Waals surface area (Å²) in [6.45, 7) is 0.871. The second-order valence-corrected chi connectivity index (χ2v) is 12.1. The molecule has 1 aliphatic heterocycles. The van der Waals surface area contributed by atoms with Gasteiger partial charge in [-0.05, 0) is 34.9 Å². The minimum Gasteiger partial charge on any atom is -0.375 e. The van der Waals surface area contributed by atoms with E-state index in [1.807, 2.05) is 48.5 Å². The first kappa shape index (κ1) is 30.6. The largest absolute Gasteiger partial charge is 0.375 e. The van der Waals surface area contributed by atoms with Gasteiger partial charge in [0.05, 0.1) is 26.8 Å². The van der Waals surface area contributed by atoms with E-state index >= 15 is 0 Å². The number of nitrogen functional groups attached to an aromatic ring is 1. The molecule has 0 saturated carbocycles. The number of thiazole rings is 1. The van der Waals surface area contributed by atoms with Crippen LogP contribution in [0.15, 0.2) is 66.7 Å². The maximum atomic E-state index is 14.0. The summed E-state index contributed by atoms with van der Waals surface area (Å²) in [4.78, 5) is 46.6. The van der Waals surface area contributed by atoms with Gasteiger partial charge in [-0.25, -0.2) is 14.8 Å². The van der Waals surface area contributed by atoms with E-state index in [1.165, 1.54) is 16.3 Å². The summed E-state index contributed by atoms with van der Waals surface area (Å²) < 4.78 is 0.931. The fourth-order valence-corrected chi connectivity index (χ4v) is 6.04. The van der Waals surface area contributed by atoms with Crippen LogP contribution in [-0.2, 0) is 29.1 Å². The van der Waals surface area contributed by atoms with Gasteiger partial charge in [0.1, 0.15) is 6.04 Å². The molecule has 13 heteroatoms. The number of nitrogens with zero attached hydrogens (tertiary/aromatic N) is 4. The number of carbonyl (C=O) groups excluding carboxylic acids is 3. The Morgan fingerprint density at radius 2 is 1.86 bits per heavy atom. The highest BCUT2D eigenvalue weighted by molar-refractivity contribution is 7.22. The number of halogens is 2. The fourth-order valence-electron chi connectivity index (χ4n) is 4.94. The van der Waals surface area contributed by atoms with Crippen LogP contribution in [0.2, 0.25) is 10.0 Å². The van der Waals surface area contributed by atoms with E-state index in [0.717, 1.165) is 26.9 Å². The minimum absolute atomic E-state index is 0.110. The van der Waals surface area contributed by atoms with Gasteiger partial charge < -0.3 is 21.3 Å². The molecular formula is C30H31Cl2N7O3S. The Hall–Kier alpha value is -3.90. The quantitative estimate of drug-likeness (QED) is 0.277. The summed E-state index contributed by atoms with van der Waals surface area (Å²) in [7, 11) is 1.59. The third-order valence-electron chi connectivity index (χ3n) is 7.21. The number of urea groups is 1. The molecular weight excluding hydrogens is 609 g/mol. The topological polar surface area (TPSA) is 124 Å².